The zero-order valence-electron chi connectivity index (χ0n) is 60.0. The first kappa shape index (κ1) is 90.2. The van der Waals surface area contributed by atoms with Crippen LogP contribution in [0.1, 0.15) is 143 Å². The zero-order valence-corrected chi connectivity index (χ0v) is 62.8. The molecule has 36 heteroatoms. The normalized spacial score (nSPS) is 15.0. The first-order valence-corrected chi connectivity index (χ1v) is 36.9. The predicted octanol–water partition coefficient (Wildman–Crippen LogP) is -1.50. The van der Waals surface area contributed by atoms with Gasteiger partial charge in [-0.25, -0.2) is 4.79 Å². The molecule has 34 nitrogen and oxygen atoms in total. The van der Waals surface area contributed by atoms with Gasteiger partial charge in [-0.1, -0.05) is 39.3 Å². The highest BCUT2D eigenvalue weighted by atomic mass is 32.2. The number of hydrogen-bond donors (Lipinski definition) is 14. The van der Waals surface area contributed by atoms with E-state index >= 15 is 0 Å². The number of rotatable bonds is 56. The summed E-state index contributed by atoms with van der Waals surface area (Å²) in [7, 11) is 0.376. The number of likely N-dealkylation sites (N-methyl/N-ethyl adjacent to an activating group) is 1. The number of carbonyl (C=O) groups is 14. The van der Waals surface area contributed by atoms with Crippen molar-refractivity contribution in [2.45, 2.75) is 186 Å². The van der Waals surface area contributed by atoms with Crippen molar-refractivity contribution in [2.24, 2.45) is 34.5 Å². The third-order valence-corrected chi connectivity index (χ3v) is 18.1. The van der Waals surface area contributed by atoms with Gasteiger partial charge >= 0.3 is 23.9 Å². The van der Waals surface area contributed by atoms with Crippen LogP contribution in [0.5, 0.6) is 0 Å². The fourth-order valence-electron chi connectivity index (χ4n) is 10.2. The minimum absolute atomic E-state index is 0.00666. The number of likely N-dealkylation sites (tertiary alicyclic amines) is 1. The number of imide groups is 1. The Balaban J connectivity index is 1.71. The van der Waals surface area contributed by atoms with Crippen molar-refractivity contribution in [1.29, 1.82) is 0 Å². The van der Waals surface area contributed by atoms with Gasteiger partial charge in [0.1, 0.15) is 24.7 Å². The van der Waals surface area contributed by atoms with Gasteiger partial charge in [-0.05, 0) is 109 Å². The number of ether oxygens (including phenoxy) is 5. The fraction of sp³-hybridized carbons (Fsp3) is 0.697. The standard InChI is InChI=1S/C66H111N13O21SSi/c1-7-70-45(56(68)87)14-10-11-26-71-58(89)47(21-23-53(83)84)75-51(81)25-30-96-32-34-98-36-37-99-35-33-97-31-28-72-59(90)48(22-24-54(85)86)76-57(88)44(67)40-101-49-38-52(82)79(63(49)93)29-12-8-9-16-50(80)78-62(102)55(41(2)3)61(92)77-46(15-13-27-73-65(69)95)60(91)74-43-19-17-42(18-20-43)39-100-64(94)66(4,5)6/h17-20,41,44-49,55,62,70H,7-16,21-40,67H2,1-6,102H3,(H2,68,87)(H,71,89)(H,72,90)(H,74,91)(H,75,81)(H,76,88)(H,77,92)(H,78,80)(H,83,84)(H,85,86)(H3,69,73,95)/t44-,45-,46-,47-,48-,49?,55-,62?/m0/s1. The van der Waals surface area contributed by atoms with Crippen molar-refractivity contribution >= 4 is 111 Å². The van der Waals surface area contributed by atoms with E-state index in [1.165, 1.54) is 0 Å². The lowest BCUT2D eigenvalue weighted by Crippen LogP contribution is -2.53. The average molecular weight is 1480 g/mol. The highest BCUT2D eigenvalue weighted by Crippen LogP contribution is 2.27. The number of nitrogens with zero attached hydrogens (tertiary/aromatic N) is 1. The topological polar surface area (TPSA) is 515 Å². The number of anilines is 1. The van der Waals surface area contributed by atoms with E-state index in [1.807, 2.05) is 20.8 Å². The third-order valence-electron chi connectivity index (χ3n) is 15.8. The Hall–Kier alpha value is -7.87. The quantitative estimate of drug-likeness (QED) is 0.0153. The van der Waals surface area contributed by atoms with Crippen LogP contribution < -0.4 is 65.1 Å². The van der Waals surface area contributed by atoms with Crippen LogP contribution in [0.25, 0.3) is 0 Å². The molecule has 0 bridgehead atoms. The number of carbonyl (C=O) groups excluding carboxylic acids is 12. The zero-order chi connectivity index (χ0) is 76.2. The van der Waals surface area contributed by atoms with Gasteiger partial charge in [0.25, 0.3) is 0 Å². The van der Waals surface area contributed by atoms with Crippen LogP contribution in [-0.4, -0.2) is 241 Å². The number of amides is 12. The van der Waals surface area contributed by atoms with Crippen LogP contribution in [-0.2, 0) is 92.6 Å². The summed E-state index contributed by atoms with van der Waals surface area (Å²) >= 11 is 1.00. The van der Waals surface area contributed by atoms with Crippen molar-refractivity contribution in [2.75, 3.05) is 96.6 Å². The second-order valence-electron chi connectivity index (χ2n) is 25.8. The number of thioether (sulfide) groups is 1. The summed E-state index contributed by atoms with van der Waals surface area (Å²) in [6.45, 7) is 13.1. The molecule has 2 rings (SSSR count). The largest absolute Gasteiger partial charge is 0.481 e. The molecule has 0 radical (unpaired) electrons. The molecule has 0 saturated carbocycles. The maximum atomic E-state index is 13.9. The summed E-state index contributed by atoms with van der Waals surface area (Å²) in [6.07, 6.45) is 2.08. The first-order valence-electron chi connectivity index (χ1n) is 34.7. The minimum atomic E-state index is -1.27. The van der Waals surface area contributed by atoms with Crippen molar-refractivity contribution in [3.8, 4) is 0 Å². The number of urea groups is 1. The van der Waals surface area contributed by atoms with Crippen LogP contribution in [0, 0.1) is 17.3 Å². The molecular weight excluding hydrogens is 1370 g/mol. The molecule has 1 heterocycles. The Morgan fingerprint density at radius 3 is 1.72 bits per heavy atom. The van der Waals surface area contributed by atoms with E-state index in [2.05, 4.69) is 47.9 Å². The van der Waals surface area contributed by atoms with Gasteiger partial charge in [-0.3, -0.25) is 67.2 Å². The van der Waals surface area contributed by atoms with E-state index in [1.54, 1.807) is 45.0 Å². The molecule has 1 aliphatic heterocycles. The molecule has 1 aliphatic rings. The number of aliphatic carboxylic acids is 2. The summed E-state index contributed by atoms with van der Waals surface area (Å²) in [4.78, 5) is 178. The maximum Gasteiger partial charge on any atom is 0.312 e. The smallest absolute Gasteiger partial charge is 0.312 e. The maximum absolute atomic E-state index is 13.9. The van der Waals surface area contributed by atoms with Gasteiger partial charge in [0.15, 0.2) is 0 Å². The summed E-state index contributed by atoms with van der Waals surface area (Å²) < 4.78 is 27.3. The number of nitrogens with two attached hydrogens (primary N) is 3. The van der Waals surface area contributed by atoms with Crippen LogP contribution in [0.2, 0.25) is 0 Å². The SMILES string of the molecule is CCN[C@@H](CCCCNC(=O)[C@H](CCC(=O)O)NC(=O)CCOCCOCCOCCOCCNC(=O)[C@H](CCC(=O)O)NC(=O)[C@@H](N)CSC1CC(=O)N(CCCCCC(=O)NC([SiH3])[C@H](C(=O)N[C@@H](CCCNC(N)=O)C(=O)Nc2ccc(COC(=O)C(C)(C)C)cc2)C(C)C)C1=O)C(N)=O. The number of unbranched alkanes of at least 4 members (excludes halogenated alkanes) is 3. The lowest BCUT2D eigenvalue weighted by Gasteiger charge is -2.29. The number of primary amides is 2. The predicted molar refractivity (Wildman–Crippen MR) is 379 cm³/mol. The summed E-state index contributed by atoms with van der Waals surface area (Å²) in [5.41, 5.74) is 16.7. The lowest BCUT2D eigenvalue weighted by molar-refractivity contribution is -0.154. The molecule has 576 valence electrons. The molecule has 2 unspecified atom stereocenters. The minimum Gasteiger partial charge on any atom is -0.481 e. The van der Waals surface area contributed by atoms with Crippen LogP contribution in [0.15, 0.2) is 24.3 Å². The van der Waals surface area contributed by atoms with Crippen LogP contribution in [0.4, 0.5) is 10.5 Å². The second-order valence-corrected chi connectivity index (χ2v) is 28.3. The number of esters is 1. The molecule has 102 heavy (non-hydrogen) atoms. The number of carboxylic acid groups (broad SMARTS) is 2. The van der Waals surface area contributed by atoms with E-state index in [-0.39, 0.29) is 154 Å². The highest BCUT2D eigenvalue weighted by Gasteiger charge is 2.39. The Kier molecular flexibility index (Phi) is 44.6. The van der Waals surface area contributed by atoms with E-state index in [0.29, 0.717) is 73.0 Å². The number of benzene rings is 1. The molecule has 17 N–H and O–H groups in total. The molecule has 1 fully saturated rings. The van der Waals surface area contributed by atoms with Crippen molar-refractivity contribution in [3.63, 3.8) is 0 Å². The molecular formula is C66H111N13O21SSi. The third kappa shape index (κ3) is 39.0. The molecule has 0 aromatic heterocycles. The second kappa shape index (κ2) is 50.5. The van der Waals surface area contributed by atoms with Gasteiger partial charge in [-0.2, -0.15) is 0 Å². The molecule has 1 aromatic rings. The van der Waals surface area contributed by atoms with Crippen LogP contribution in [0.3, 0.4) is 0 Å². The molecule has 8 atom stereocenters. The number of nitrogens with one attached hydrogen (secondary N) is 9. The molecule has 1 saturated heterocycles. The van der Waals surface area contributed by atoms with E-state index in [0.717, 1.165) is 16.7 Å². The molecule has 12 amide bonds. The Bertz CT molecular complexity index is 2860. The first-order chi connectivity index (χ1) is 48.3. The lowest BCUT2D eigenvalue weighted by atomic mass is 9.93. The summed E-state index contributed by atoms with van der Waals surface area (Å²) in [5.74, 6) is -8.83. The van der Waals surface area contributed by atoms with Gasteiger partial charge in [0.05, 0.1) is 81.5 Å². The monoisotopic (exact) mass is 1480 g/mol. The average Bonchev–Trinajstić information content (AvgIpc) is 1.66. The highest BCUT2D eigenvalue weighted by molar-refractivity contribution is 8.00. The van der Waals surface area contributed by atoms with E-state index in [9.17, 15) is 72.2 Å². The fourth-order valence-corrected chi connectivity index (χ4v) is 12.7. The van der Waals surface area contributed by atoms with Gasteiger partial charge in [0, 0.05) is 85.6 Å². The van der Waals surface area contributed by atoms with E-state index in [4.69, 9.17) is 46.0 Å². The molecule has 0 spiro atoms. The Labute approximate surface area is 603 Å². The van der Waals surface area contributed by atoms with Crippen molar-refractivity contribution in [1.82, 2.24) is 47.4 Å². The molecule has 0 aliphatic carbocycles. The Morgan fingerprint density at radius 2 is 1.15 bits per heavy atom. The van der Waals surface area contributed by atoms with Crippen molar-refractivity contribution in [3.05, 3.63) is 29.8 Å². The summed E-state index contributed by atoms with van der Waals surface area (Å²) in [5, 5.41) is 42.1. The van der Waals surface area contributed by atoms with E-state index < -0.39 is 130 Å². The number of carboxylic acids is 2. The Morgan fingerprint density at radius 1 is 0.608 bits per heavy atom. The molecule has 1 aromatic carbocycles. The van der Waals surface area contributed by atoms with Gasteiger partial charge in [0.2, 0.25) is 59.1 Å². The van der Waals surface area contributed by atoms with Crippen molar-refractivity contribution < 1.29 is 101 Å². The number of hydrogen-bond acceptors (Lipinski definition) is 22. The van der Waals surface area contributed by atoms with Gasteiger partial charge in [-0.15, -0.1) is 11.8 Å². The van der Waals surface area contributed by atoms with Crippen LogP contribution >= 0.6 is 11.8 Å². The summed E-state index contributed by atoms with van der Waals surface area (Å²) in [6, 6.07) is 0.872. The van der Waals surface area contributed by atoms with Gasteiger partial charge < -0.3 is 98.9 Å².